The monoisotopic (exact) mass is 1630 g/mol. The second-order valence-corrected chi connectivity index (χ2v) is 28.1. The fourth-order valence-corrected chi connectivity index (χ4v) is 11.7. The number of rotatable bonds is 37. The van der Waals surface area contributed by atoms with E-state index in [0.29, 0.717) is 40.1 Å². The molecule has 115 heavy (non-hydrogen) atoms. The Balaban J connectivity index is 2.26. The lowest BCUT2D eigenvalue weighted by Crippen LogP contribution is -2.64. The lowest BCUT2D eigenvalue weighted by Gasteiger charge is -2.32. The van der Waals surface area contributed by atoms with E-state index < -0.39 is 261 Å². The molecule has 43 nitrogen and oxygen atoms in total. The summed E-state index contributed by atoms with van der Waals surface area (Å²) in [6.45, 7) is 6.69. The maximum Gasteiger partial charge on any atom is 0.335 e. The van der Waals surface area contributed by atoms with Crippen LogP contribution in [0.2, 0.25) is 0 Å². The van der Waals surface area contributed by atoms with Crippen molar-refractivity contribution in [2.24, 2.45) is 23.3 Å². The molecule has 0 saturated carbocycles. The predicted octanol–water partition coefficient (Wildman–Crippen LogP) is -4.86. The third-order valence-electron chi connectivity index (χ3n) is 18.7. The molecule has 14 amide bonds. The number of carboxylic acids is 5. The van der Waals surface area contributed by atoms with Crippen molar-refractivity contribution in [2.45, 2.75) is 242 Å². The van der Waals surface area contributed by atoms with Crippen molar-refractivity contribution in [1.29, 1.82) is 0 Å². The van der Waals surface area contributed by atoms with Gasteiger partial charge in [0.25, 0.3) is 0 Å². The van der Waals surface area contributed by atoms with Crippen LogP contribution in [0, 0.1) is 11.8 Å². The van der Waals surface area contributed by atoms with Gasteiger partial charge in [-0.3, -0.25) is 86.3 Å². The van der Waals surface area contributed by atoms with E-state index in [-0.39, 0.29) is 45.1 Å². The first-order valence-corrected chi connectivity index (χ1v) is 37.5. The number of nitrogens with two attached hydrogens (primary N) is 2. The van der Waals surface area contributed by atoms with Crippen LogP contribution < -0.4 is 75.3 Å². The molecule has 1 fully saturated rings. The summed E-state index contributed by atoms with van der Waals surface area (Å²) in [5.41, 5.74) is 12.2. The number of para-hydroxylation sites is 1. The van der Waals surface area contributed by atoms with Gasteiger partial charge in [-0.05, 0) is 82.4 Å². The van der Waals surface area contributed by atoms with Crippen LogP contribution >= 0.6 is 0 Å². The zero-order valence-corrected chi connectivity index (χ0v) is 65.0. The molecule has 638 valence electrons. The van der Waals surface area contributed by atoms with Crippen molar-refractivity contribution in [3.63, 3.8) is 0 Å². The number of cyclic esters (lactones) is 1. The lowest BCUT2D eigenvalue weighted by atomic mass is 9.98. The van der Waals surface area contributed by atoms with Crippen LogP contribution in [0.1, 0.15) is 163 Å². The minimum atomic E-state index is -3.02. The molecule has 0 aliphatic carbocycles. The van der Waals surface area contributed by atoms with Gasteiger partial charge in [0.05, 0.1) is 32.4 Å². The fraction of sp³-hybridized carbons (Fsp3) is 0.611. The summed E-state index contributed by atoms with van der Waals surface area (Å²) in [4.78, 5) is 275. The van der Waals surface area contributed by atoms with Crippen molar-refractivity contribution >= 4 is 129 Å². The Bertz CT molecular complexity index is 3820. The third kappa shape index (κ3) is 34.1. The number of aliphatic hydroxyl groups is 1. The van der Waals surface area contributed by atoms with Crippen LogP contribution in [-0.4, -0.2) is 264 Å². The van der Waals surface area contributed by atoms with Crippen molar-refractivity contribution in [3.05, 3.63) is 36.0 Å². The predicted molar refractivity (Wildman–Crippen MR) is 400 cm³/mol. The molecular formula is C72H108N16O27. The number of nitrogens with one attached hydrogen (secondary N) is 13. The topological polar surface area (TPSA) is 687 Å². The van der Waals surface area contributed by atoms with Gasteiger partial charge in [-0.15, -0.1) is 0 Å². The van der Waals surface area contributed by atoms with Crippen LogP contribution in [0.4, 0.5) is 0 Å². The number of nitrogens with zero attached hydrogens (tertiary/aromatic N) is 1. The summed E-state index contributed by atoms with van der Waals surface area (Å²) in [5, 5.41) is 87.6. The highest BCUT2D eigenvalue weighted by molar-refractivity contribution is 6.02. The average Bonchev–Trinajstić information content (AvgIpc) is 1.77. The smallest absolute Gasteiger partial charge is 0.335 e. The highest BCUT2D eigenvalue weighted by Gasteiger charge is 2.43. The second kappa shape index (κ2) is 48.9. The Kier molecular flexibility index (Phi) is 41.3. The largest absolute Gasteiger partial charge is 0.481 e. The number of benzene rings is 1. The summed E-state index contributed by atoms with van der Waals surface area (Å²) in [6.07, 6.45) is -6.05. The van der Waals surface area contributed by atoms with E-state index >= 15 is 0 Å². The molecule has 1 aromatic heterocycles. The number of likely N-dealkylation sites (N-methyl/N-ethyl adjacent to an activating group) is 1. The van der Waals surface area contributed by atoms with Gasteiger partial charge in [0.15, 0.2) is 6.10 Å². The molecule has 0 radical (unpaired) electrons. The molecule has 0 spiro atoms. The number of ether oxygens (including phenoxy) is 1. The zero-order chi connectivity index (χ0) is 86.5. The Hall–Kier alpha value is -11.9. The number of hydrogen-bond donors (Lipinski definition) is 21. The number of fused-ring (bicyclic) bond motifs is 1. The van der Waals surface area contributed by atoms with Gasteiger partial charge in [0.1, 0.15) is 72.6 Å². The Morgan fingerprint density at radius 2 is 1.15 bits per heavy atom. The summed E-state index contributed by atoms with van der Waals surface area (Å²) in [5.74, 6) is -29.3. The molecule has 0 bridgehead atoms. The first-order chi connectivity index (χ1) is 54.1. The van der Waals surface area contributed by atoms with E-state index in [2.05, 4.69) is 72.0 Å². The molecular weight excluding hydrogens is 1520 g/mol. The fourth-order valence-electron chi connectivity index (χ4n) is 11.7. The number of aliphatic carboxylic acids is 5. The lowest BCUT2D eigenvalue weighted by molar-refractivity contribution is -0.159. The molecule has 3 rings (SSSR count). The van der Waals surface area contributed by atoms with Crippen molar-refractivity contribution in [3.8, 4) is 0 Å². The number of primary amides is 1. The first-order valence-electron chi connectivity index (χ1n) is 37.5. The van der Waals surface area contributed by atoms with Gasteiger partial charge >= 0.3 is 35.8 Å². The first kappa shape index (κ1) is 97.3. The number of carboxylic acid groups (broad SMARTS) is 5. The normalized spacial score (nSPS) is 21.9. The average molecular weight is 1630 g/mol. The number of aromatic nitrogens is 1. The molecule has 1 aromatic carbocycles. The van der Waals surface area contributed by atoms with E-state index in [1.54, 1.807) is 30.5 Å². The second-order valence-electron chi connectivity index (χ2n) is 28.1. The molecule has 43 heteroatoms. The number of aromatic amines is 1. The Morgan fingerprint density at radius 1 is 0.583 bits per heavy atom. The molecule has 2 aromatic rings. The number of H-pyrrole nitrogens is 1. The van der Waals surface area contributed by atoms with Crippen LogP contribution in [0.3, 0.4) is 0 Å². The number of amides is 14. The van der Waals surface area contributed by atoms with Gasteiger partial charge in [-0.2, -0.15) is 0 Å². The van der Waals surface area contributed by atoms with Gasteiger partial charge in [0.2, 0.25) is 82.7 Å². The standard InChI is InChI=1S/C72H108N16O27/c1-8-35(3)18-12-10-11-13-22-50(90)78-45(28-39-32-75-41-20-15-14-19-40(39)41)66(107)81-44(24-26-54(95)96)65(106)87-59(60(101)71(112)113)69(110)86-58-38(6)115-72(114)57(36(4)9-2)85-64(105)43(23-25-53(93)94)82-67(108)46(29-49(74)89)79-51(91)33-76-62(103)47(30-55(97)98)84-63(104)42(21-16-17-27-73)80-68(109)48(31-56(99)100)83-61(102)37(5)77-52(92)34-88(7)70(58)111/h14-15,19-20,32,35-38,42-48,57-60,75,101H,8-13,16-18,21-31,33-34,73H2,1-7H3,(H2,74,89)(H,76,103)(H,77,92)(H,78,90)(H,79,91)(H,80,109)(H,81,107)(H,82,108)(H,83,102)(H,84,104)(H,85,105)(H,86,110)(H,87,106)(H,93,94)(H,95,96)(H,97,98)(H,99,100)(H,112,113)/t35?,36?,37-,38+,42+,43?,44+,45-,46+,47-,48-,57-,58-,59-,60?/m0/s1. The maximum atomic E-state index is 14.9. The van der Waals surface area contributed by atoms with Crippen molar-refractivity contribution in [2.75, 3.05) is 26.7 Å². The number of esters is 1. The summed E-state index contributed by atoms with van der Waals surface area (Å²) in [6, 6.07) is -15.6. The number of hydrogen-bond acceptors (Lipinski definition) is 23. The maximum absolute atomic E-state index is 14.9. The highest BCUT2D eigenvalue weighted by Crippen LogP contribution is 2.21. The Morgan fingerprint density at radius 3 is 1.74 bits per heavy atom. The summed E-state index contributed by atoms with van der Waals surface area (Å²) in [7, 11) is 0.882. The number of unbranched alkanes of at least 4 members (excludes halogenated alkanes) is 4. The van der Waals surface area contributed by atoms with Crippen molar-refractivity contribution < 1.29 is 131 Å². The van der Waals surface area contributed by atoms with Crippen LogP contribution in [0.5, 0.6) is 0 Å². The van der Waals surface area contributed by atoms with Gasteiger partial charge in [-0.25, -0.2) is 9.59 Å². The molecule has 4 unspecified atom stereocenters. The van der Waals surface area contributed by atoms with Crippen LogP contribution in [0.15, 0.2) is 30.5 Å². The number of carbonyl (C=O) groups excluding carboxylic acids is 15. The number of aliphatic hydroxyl groups excluding tert-OH is 1. The summed E-state index contributed by atoms with van der Waals surface area (Å²) >= 11 is 0. The molecule has 1 aliphatic rings. The van der Waals surface area contributed by atoms with Crippen LogP contribution in [-0.2, 0) is 107 Å². The molecule has 15 atom stereocenters. The highest BCUT2D eigenvalue weighted by atomic mass is 16.5. The minimum Gasteiger partial charge on any atom is -0.481 e. The molecule has 1 aliphatic heterocycles. The van der Waals surface area contributed by atoms with E-state index in [1.807, 2.05) is 10.6 Å². The van der Waals surface area contributed by atoms with E-state index in [1.165, 1.54) is 13.8 Å². The molecule has 2 heterocycles. The van der Waals surface area contributed by atoms with Gasteiger partial charge < -0.3 is 121 Å². The van der Waals surface area contributed by atoms with Gasteiger partial charge in [0, 0.05) is 49.8 Å². The Labute approximate surface area is 660 Å². The minimum absolute atomic E-state index is 0.0265. The van der Waals surface area contributed by atoms with E-state index in [0.717, 1.165) is 46.6 Å². The van der Waals surface area contributed by atoms with Crippen LogP contribution in [0.25, 0.3) is 10.9 Å². The molecule has 1 saturated heterocycles. The van der Waals surface area contributed by atoms with E-state index in [4.69, 9.17) is 16.2 Å². The molecule has 23 N–H and O–H groups in total. The quantitative estimate of drug-likeness (QED) is 0.0223. The SMILES string of the molecule is CCC(C)CCCCCCC(=O)N[C@@H](Cc1c[nH]c2ccccc12)C(=O)N[C@H](CCC(=O)O)C(=O)N[C@H](C(=O)N[C@@H]1C(=O)N(C)CC(=O)N[C@@H](C)C(=O)N[C@@H](CC(=O)O)C(=O)N[C@H](CCCCN)C(=O)N[C@@H](CC(=O)O)C(=O)NCC(=O)N[C@H](CC(N)=O)C(=O)NC(CCC(=O)O)C(=O)N[C@@H](C(C)CC)C(=O)O[C@@H]1C)C(O)C(=O)O. The van der Waals surface area contributed by atoms with Crippen molar-refractivity contribution in [1.82, 2.24) is 73.7 Å². The zero-order valence-electron chi connectivity index (χ0n) is 65.0. The summed E-state index contributed by atoms with van der Waals surface area (Å²) < 4.78 is 5.72. The number of carbonyl (C=O) groups is 20. The van der Waals surface area contributed by atoms with E-state index in [9.17, 15) is 127 Å². The third-order valence-corrected chi connectivity index (χ3v) is 18.7. The van der Waals surface area contributed by atoms with Gasteiger partial charge in [-0.1, -0.05) is 84.4 Å².